The third kappa shape index (κ3) is 5.42. The van der Waals surface area contributed by atoms with E-state index in [0.29, 0.717) is 12.5 Å². The fourth-order valence-electron chi connectivity index (χ4n) is 3.89. The fraction of sp³-hybridized carbons (Fsp3) is 0.684. The Morgan fingerprint density at radius 1 is 1.26 bits per heavy atom. The Hall–Kier alpha value is -1.67. The molecule has 0 unspecified atom stereocenters. The van der Waals surface area contributed by atoms with Crippen molar-refractivity contribution in [1.82, 2.24) is 24.2 Å². The summed E-state index contributed by atoms with van der Waals surface area (Å²) in [5.41, 5.74) is 0.989. The van der Waals surface area contributed by atoms with Crippen molar-refractivity contribution in [3.05, 3.63) is 30.4 Å². The van der Waals surface area contributed by atoms with Crippen molar-refractivity contribution in [3.8, 4) is 0 Å². The van der Waals surface area contributed by atoms with Gasteiger partial charge in [-0.2, -0.15) is 5.10 Å². The molecule has 0 aromatic carbocycles. The average molecular weight is 394 g/mol. The van der Waals surface area contributed by atoms with Crippen LogP contribution in [0.15, 0.2) is 29.8 Å². The topological polar surface area (TPSA) is 73.0 Å². The van der Waals surface area contributed by atoms with Gasteiger partial charge in [0.2, 0.25) is 15.0 Å². The standard InChI is InChI=1S/C19H31N5O2S/c1-3-22(12-13-23-11-7-10-21-23)16-18-14-20-19(27(2,25)26)24(18)15-17-8-5-4-6-9-17/h7,10-11,14,17H,3-6,8-9,12-13,15-16H2,1-2H3. The second-order valence-corrected chi connectivity index (χ2v) is 9.47. The van der Waals surface area contributed by atoms with Gasteiger partial charge in [-0.05, 0) is 31.4 Å². The van der Waals surface area contributed by atoms with E-state index in [-0.39, 0.29) is 5.16 Å². The summed E-state index contributed by atoms with van der Waals surface area (Å²) in [5.74, 6) is 0.548. The van der Waals surface area contributed by atoms with E-state index in [2.05, 4.69) is 21.9 Å². The van der Waals surface area contributed by atoms with E-state index in [0.717, 1.165) is 31.9 Å². The Morgan fingerprint density at radius 2 is 2.04 bits per heavy atom. The predicted molar refractivity (Wildman–Crippen MR) is 105 cm³/mol. The molecule has 2 aromatic rings. The smallest absolute Gasteiger partial charge is 0.227 e. The molecule has 0 N–H and O–H groups in total. The zero-order chi connectivity index (χ0) is 19.3. The molecule has 1 aliphatic rings. The summed E-state index contributed by atoms with van der Waals surface area (Å²) in [6, 6.07) is 1.92. The first-order valence-corrected chi connectivity index (χ1v) is 11.8. The molecule has 3 rings (SSSR count). The van der Waals surface area contributed by atoms with Crippen molar-refractivity contribution in [1.29, 1.82) is 0 Å². The minimum absolute atomic E-state index is 0.214. The number of rotatable bonds is 9. The highest BCUT2D eigenvalue weighted by Crippen LogP contribution is 2.27. The molecule has 0 amide bonds. The second-order valence-electron chi connectivity index (χ2n) is 7.56. The molecule has 0 saturated heterocycles. The molecular formula is C19H31N5O2S. The summed E-state index contributed by atoms with van der Waals surface area (Å²) < 4.78 is 28.4. The van der Waals surface area contributed by atoms with Crippen LogP contribution in [0.1, 0.15) is 44.7 Å². The fourth-order valence-corrected chi connectivity index (χ4v) is 4.73. The Balaban J connectivity index is 1.75. The lowest BCUT2D eigenvalue weighted by atomic mass is 9.89. The van der Waals surface area contributed by atoms with Crippen LogP contribution in [0.2, 0.25) is 0 Å². The van der Waals surface area contributed by atoms with Gasteiger partial charge in [0.1, 0.15) is 0 Å². The largest absolute Gasteiger partial charge is 0.317 e. The summed E-state index contributed by atoms with van der Waals surface area (Å²) in [5, 5.41) is 4.47. The maximum absolute atomic E-state index is 12.2. The molecule has 150 valence electrons. The van der Waals surface area contributed by atoms with E-state index >= 15 is 0 Å². The first-order valence-electron chi connectivity index (χ1n) is 9.91. The van der Waals surface area contributed by atoms with E-state index < -0.39 is 9.84 Å². The Morgan fingerprint density at radius 3 is 2.67 bits per heavy atom. The molecular weight excluding hydrogens is 362 g/mol. The second kappa shape index (κ2) is 9.01. The van der Waals surface area contributed by atoms with Crippen LogP contribution < -0.4 is 0 Å². The maximum atomic E-state index is 12.2. The number of imidazole rings is 1. The first kappa shape index (κ1) is 20.1. The highest BCUT2D eigenvalue weighted by molar-refractivity contribution is 7.90. The van der Waals surface area contributed by atoms with Crippen molar-refractivity contribution in [3.63, 3.8) is 0 Å². The molecule has 0 radical (unpaired) electrons. The zero-order valence-electron chi connectivity index (χ0n) is 16.4. The van der Waals surface area contributed by atoms with Crippen LogP contribution in [0.25, 0.3) is 0 Å². The lowest BCUT2D eigenvalue weighted by molar-refractivity contribution is 0.248. The van der Waals surface area contributed by atoms with Crippen LogP contribution in [-0.4, -0.2) is 52.0 Å². The molecule has 8 heteroatoms. The minimum Gasteiger partial charge on any atom is -0.317 e. The van der Waals surface area contributed by atoms with Crippen LogP contribution in [0, 0.1) is 5.92 Å². The monoisotopic (exact) mass is 393 g/mol. The van der Waals surface area contributed by atoms with Gasteiger partial charge in [0.15, 0.2) is 0 Å². The first-order chi connectivity index (χ1) is 13.0. The molecule has 0 bridgehead atoms. The number of likely N-dealkylation sites (N-methyl/N-ethyl adjacent to an activating group) is 1. The van der Waals surface area contributed by atoms with Crippen LogP contribution in [0.5, 0.6) is 0 Å². The number of hydrogen-bond donors (Lipinski definition) is 0. The summed E-state index contributed by atoms with van der Waals surface area (Å²) in [7, 11) is -3.33. The van der Waals surface area contributed by atoms with Crippen molar-refractivity contribution in [2.45, 2.75) is 63.8 Å². The van der Waals surface area contributed by atoms with E-state index in [1.165, 1.54) is 38.4 Å². The van der Waals surface area contributed by atoms with E-state index in [9.17, 15) is 8.42 Å². The number of sulfone groups is 1. The summed E-state index contributed by atoms with van der Waals surface area (Å²) >= 11 is 0. The summed E-state index contributed by atoms with van der Waals surface area (Å²) in [6.07, 6.45) is 12.9. The van der Waals surface area contributed by atoms with Gasteiger partial charge in [-0.1, -0.05) is 26.2 Å². The van der Waals surface area contributed by atoms with Gasteiger partial charge < -0.3 is 4.57 Å². The Labute approximate surface area is 162 Å². The average Bonchev–Trinajstić information content (AvgIpc) is 3.29. The molecule has 27 heavy (non-hydrogen) atoms. The lowest BCUT2D eigenvalue weighted by Crippen LogP contribution is -2.29. The van der Waals surface area contributed by atoms with E-state index in [4.69, 9.17) is 0 Å². The van der Waals surface area contributed by atoms with Crippen molar-refractivity contribution < 1.29 is 8.42 Å². The molecule has 1 saturated carbocycles. The third-order valence-corrected chi connectivity index (χ3v) is 6.43. The molecule has 1 fully saturated rings. The highest BCUT2D eigenvalue weighted by atomic mass is 32.2. The van der Waals surface area contributed by atoms with Gasteiger partial charge in [0, 0.05) is 38.3 Å². The van der Waals surface area contributed by atoms with Gasteiger partial charge in [0.25, 0.3) is 0 Å². The van der Waals surface area contributed by atoms with Gasteiger partial charge in [0.05, 0.1) is 18.4 Å². The van der Waals surface area contributed by atoms with Gasteiger partial charge in [-0.15, -0.1) is 0 Å². The molecule has 7 nitrogen and oxygen atoms in total. The normalized spacial score (nSPS) is 16.3. The predicted octanol–water partition coefficient (Wildman–Crippen LogP) is 2.59. The molecule has 0 atom stereocenters. The van der Waals surface area contributed by atoms with Crippen LogP contribution in [0.3, 0.4) is 0 Å². The van der Waals surface area contributed by atoms with E-state index in [1.54, 1.807) is 12.4 Å². The highest BCUT2D eigenvalue weighted by Gasteiger charge is 2.23. The molecule has 2 heterocycles. The lowest BCUT2D eigenvalue weighted by Gasteiger charge is -2.25. The van der Waals surface area contributed by atoms with Crippen molar-refractivity contribution >= 4 is 9.84 Å². The van der Waals surface area contributed by atoms with Gasteiger partial charge in [-0.3, -0.25) is 9.58 Å². The summed E-state index contributed by atoms with van der Waals surface area (Å²) in [4.78, 5) is 6.59. The third-order valence-electron chi connectivity index (χ3n) is 5.44. The SMILES string of the molecule is CCN(CCn1cccn1)Cc1cnc(S(C)(=O)=O)n1CC1CCCCC1. The van der Waals surface area contributed by atoms with Gasteiger partial charge >= 0.3 is 0 Å². The van der Waals surface area contributed by atoms with Crippen LogP contribution in [-0.2, 0) is 29.5 Å². The van der Waals surface area contributed by atoms with Gasteiger partial charge in [-0.25, -0.2) is 13.4 Å². The zero-order valence-corrected chi connectivity index (χ0v) is 17.2. The number of aromatic nitrogens is 4. The molecule has 1 aliphatic carbocycles. The van der Waals surface area contributed by atoms with Crippen LogP contribution >= 0.6 is 0 Å². The summed E-state index contributed by atoms with van der Waals surface area (Å²) in [6.45, 7) is 6.16. The maximum Gasteiger partial charge on any atom is 0.227 e. The van der Waals surface area contributed by atoms with Crippen molar-refractivity contribution in [2.24, 2.45) is 5.92 Å². The molecule has 0 aliphatic heterocycles. The molecule has 0 spiro atoms. The Kier molecular flexibility index (Phi) is 6.70. The quantitative estimate of drug-likeness (QED) is 0.655. The molecule has 2 aromatic heterocycles. The Bertz CT molecular complexity index is 807. The number of hydrogen-bond acceptors (Lipinski definition) is 5. The van der Waals surface area contributed by atoms with Crippen LogP contribution in [0.4, 0.5) is 0 Å². The van der Waals surface area contributed by atoms with Crippen molar-refractivity contribution in [2.75, 3.05) is 19.3 Å². The van der Waals surface area contributed by atoms with E-state index in [1.807, 2.05) is 21.5 Å². The number of nitrogens with zero attached hydrogens (tertiary/aromatic N) is 5. The minimum atomic E-state index is -3.33.